The van der Waals surface area contributed by atoms with Crippen molar-refractivity contribution in [2.24, 2.45) is 0 Å². The summed E-state index contributed by atoms with van der Waals surface area (Å²) in [6.45, 7) is 1.23. The van der Waals surface area contributed by atoms with Crippen molar-refractivity contribution in [1.29, 1.82) is 0 Å². The molecule has 186 valence electrons. The second-order valence-electron chi connectivity index (χ2n) is 6.90. The lowest BCUT2D eigenvalue weighted by Gasteiger charge is -2.10. The van der Waals surface area contributed by atoms with Crippen molar-refractivity contribution in [3.8, 4) is 17.2 Å². The number of hydrogen-bond acceptors (Lipinski definition) is 10. The monoisotopic (exact) mass is 489 g/mol. The Hall–Kier alpha value is -4.16. The SMILES string of the molecule is COc1ccc2c(OCCOCCOCCOc3cc(C(=O)O)nc(C(=O)O)c3)cc(=O)oc2c1. The minimum Gasteiger partial charge on any atom is -0.497 e. The largest absolute Gasteiger partial charge is 0.497 e. The number of carbonyl (C=O) groups is 2. The Bertz CT molecular complexity index is 1210. The highest BCUT2D eigenvalue weighted by Gasteiger charge is 2.14. The summed E-state index contributed by atoms with van der Waals surface area (Å²) in [5.41, 5.74) is -1.04. The van der Waals surface area contributed by atoms with Crippen LogP contribution in [0.3, 0.4) is 0 Å². The van der Waals surface area contributed by atoms with Crippen molar-refractivity contribution < 1.29 is 47.9 Å². The lowest BCUT2D eigenvalue weighted by Crippen LogP contribution is -2.14. The van der Waals surface area contributed by atoms with Crippen LogP contribution in [-0.2, 0) is 9.47 Å². The van der Waals surface area contributed by atoms with Crippen molar-refractivity contribution in [2.75, 3.05) is 46.8 Å². The first-order valence-electron chi connectivity index (χ1n) is 10.4. The van der Waals surface area contributed by atoms with E-state index in [0.717, 1.165) is 12.1 Å². The van der Waals surface area contributed by atoms with Crippen LogP contribution in [0.15, 0.2) is 45.6 Å². The van der Waals surface area contributed by atoms with Crippen LogP contribution in [0, 0.1) is 0 Å². The molecule has 2 heterocycles. The number of fused-ring (bicyclic) bond motifs is 1. The van der Waals surface area contributed by atoms with Gasteiger partial charge in [-0.15, -0.1) is 0 Å². The molecule has 0 bridgehead atoms. The van der Waals surface area contributed by atoms with Crippen LogP contribution >= 0.6 is 0 Å². The summed E-state index contributed by atoms with van der Waals surface area (Å²) in [6.07, 6.45) is 0. The predicted octanol–water partition coefficient (Wildman–Crippen LogP) is 2.08. The molecule has 0 saturated carbocycles. The van der Waals surface area contributed by atoms with Crippen LogP contribution in [0.1, 0.15) is 21.0 Å². The first kappa shape index (κ1) is 25.5. The number of carboxylic acids is 2. The normalized spacial score (nSPS) is 10.8. The molecular formula is C23H23NO11. The summed E-state index contributed by atoms with van der Waals surface area (Å²) in [6, 6.07) is 8.60. The lowest BCUT2D eigenvalue weighted by molar-refractivity contribution is 0.0274. The fourth-order valence-corrected chi connectivity index (χ4v) is 2.92. The number of methoxy groups -OCH3 is 1. The molecule has 2 N–H and O–H groups in total. The average Bonchev–Trinajstić information content (AvgIpc) is 2.84. The Morgan fingerprint density at radius 2 is 1.43 bits per heavy atom. The molecule has 12 heteroatoms. The topological polar surface area (TPSA) is 164 Å². The van der Waals surface area contributed by atoms with E-state index in [2.05, 4.69) is 4.98 Å². The Balaban J connectivity index is 1.34. The number of carboxylic acid groups (broad SMARTS) is 2. The zero-order chi connectivity index (χ0) is 25.2. The Labute approximate surface area is 198 Å². The van der Waals surface area contributed by atoms with E-state index in [-0.39, 0.29) is 45.4 Å². The highest BCUT2D eigenvalue weighted by atomic mass is 16.6. The third-order valence-electron chi connectivity index (χ3n) is 4.50. The standard InChI is InChI=1S/C23H23NO11/c1-30-14-2-3-16-19(13-21(25)35-20(16)12-14)34-9-7-32-5-4-31-6-8-33-15-10-17(22(26)27)24-18(11-15)23(28)29/h2-3,10-13H,4-9H2,1H3,(H,26,27)(H,28,29). The van der Waals surface area contributed by atoms with Crippen LogP contribution in [0.25, 0.3) is 11.0 Å². The molecule has 12 nitrogen and oxygen atoms in total. The molecule has 3 aromatic rings. The summed E-state index contributed by atoms with van der Waals surface area (Å²) in [5, 5.41) is 18.6. The van der Waals surface area contributed by atoms with Gasteiger partial charge in [0.25, 0.3) is 0 Å². The van der Waals surface area contributed by atoms with E-state index < -0.39 is 29.0 Å². The smallest absolute Gasteiger partial charge is 0.354 e. The maximum absolute atomic E-state index is 11.7. The van der Waals surface area contributed by atoms with Gasteiger partial charge in [-0.05, 0) is 12.1 Å². The summed E-state index contributed by atoms with van der Waals surface area (Å²) >= 11 is 0. The van der Waals surface area contributed by atoms with Crippen LogP contribution in [0.4, 0.5) is 0 Å². The van der Waals surface area contributed by atoms with Gasteiger partial charge in [-0.3, -0.25) is 0 Å². The van der Waals surface area contributed by atoms with Gasteiger partial charge in [-0.2, -0.15) is 0 Å². The highest BCUT2D eigenvalue weighted by molar-refractivity contribution is 5.90. The molecule has 0 aliphatic heterocycles. The summed E-state index contributed by atoms with van der Waals surface area (Å²) in [7, 11) is 1.52. The minimum atomic E-state index is -1.36. The molecule has 0 saturated heterocycles. The molecule has 0 aliphatic carbocycles. The van der Waals surface area contributed by atoms with E-state index in [1.54, 1.807) is 18.2 Å². The number of pyridine rings is 1. The van der Waals surface area contributed by atoms with Crippen LogP contribution < -0.4 is 19.8 Å². The van der Waals surface area contributed by atoms with Crippen molar-refractivity contribution in [1.82, 2.24) is 4.98 Å². The fraction of sp³-hybridized carbons (Fsp3) is 0.304. The number of hydrogen-bond donors (Lipinski definition) is 2. The Kier molecular flexibility index (Phi) is 8.98. The average molecular weight is 489 g/mol. The Morgan fingerprint density at radius 1 is 0.829 bits per heavy atom. The van der Waals surface area contributed by atoms with Crippen LogP contribution in [-0.4, -0.2) is 73.9 Å². The van der Waals surface area contributed by atoms with Gasteiger partial charge >= 0.3 is 17.6 Å². The van der Waals surface area contributed by atoms with E-state index in [1.807, 2.05) is 0 Å². The lowest BCUT2D eigenvalue weighted by atomic mass is 10.2. The van der Waals surface area contributed by atoms with Gasteiger partial charge in [-0.25, -0.2) is 19.4 Å². The maximum Gasteiger partial charge on any atom is 0.354 e. The number of aromatic carboxylic acids is 2. The fourth-order valence-electron chi connectivity index (χ4n) is 2.92. The zero-order valence-corrected chi connectivity index (χ0v) is 18.7. The van der Waals surface area contributed by atoms with Gasteiger partial charge in [0.1, 0.15) is 36.0 Å². The summed E-state index contributed by atoms with van der Waals surface area (Å²) in [4.78, 5) is 37.4. The zero-order valence-electron chi connectivity index (χ0n) is 18.7. The third kappa shape index (κ3) is 7.42. The molecule has 35 heavy (non-hydrogen) atoms. The van der Waals surface area contributed by atoms with Crippen molar-refractivity contribution in [3.05, 3.63) is 58.2 Å². The molecule has 1 aromatic carbocycles. The predicted molar refractivity (Wildman–Crippen MR) is 120 cm³/mol. The van der Waals surface area contributed by atoms with Gasteiger partial charge in [-0.1, -0.05) is 0 Å². The van der Waals surface area contributed by atoms with Gasteiger partial charge < -0.3 is 38.3 Å². The molecule has 3 rings (SSSR count). The van der Waals surface area contributed by atoms with E-state index in [0.29, 0.717) is 22.5 Å². The number of ether oxygens (including phenoxy) is 5. The van der Waals surface area contributed by atoms with E-state index in [1.165, 1.54) is 13.2 Å². The Morgan fingerprint density at radius 3 is 2.03 bits per heavy atom. The summed E-state index contributed by atoms with van der Waals surface area (Å²) in [5.74, 6) is -1.72. The number of benzene rings is 1. The quantitative estimate of drug-likeness (QED) is 0.251. The van der Waals surface area contributed by atoms with Gasteiger partial charge in [0, 0.05) is 18.2 Å². The third-order valence-corrected chi connectivity index (χ3v) is 4.50. The van der Waals surface area contributed by atoms with E-state index in [4.69, 9.17) is 38.3 Å². The molecule has 0 aliphatic rings. The van der Waals surface area contributed by atoms with Crippen molar-refractivity contribution in [3.63, 3.8) is 0 Å². The molecule has 0 radical (unpaired) electrons. The second-order valence-corrected chi connectivity index (χ2v) is 6.90. The number of aromatic nitrogens is 1. The van der Waals surface area contributed by atoms with E-state index >= 15 is 0 Å². The molecule has 0 spiro atoms. The first-order valence-corrected chi connectivity index (χ1v) is 10.4. The molecule has 0 unspecified atom stereocenters. The van der Waals surface area contributed by atoms with Crippen molar-refractivity contribution >= 4 is 22.9 Å². The summed E-state index contributed by atoms with van der Waals surface area (Å²) < 4.78 is 32.1. The van der Waals surface area contributed by atoms with Crippen molar-refractivity contribution in [2.45, 2.75) is 0 Å². The van der Waals surface area contributed by atoms with Crippen LogP contribution in [0.5, 0.6) is 17.2 Å². The molecule has 0 fully saturated rings. The van der Waals surface area contributed by atoms with Gasteiger partial charge in [0.2, 0.25) is 0 Å². The number of nitrogens with zero attached hydrogens (tertiary/aromatic N) is 1. The van der Waals surface area contributed by atoms with Crippen LogP contribution in [0.2, 0.25) is 0 Å². The van der Waals surface area contributed by atoms with Gasteiger partial charge in [0.05, 0.1) is 45.0 Å². The second kappa shape index (κ2) is 12.3. The number of rotatable bonds is 14. The first-order chi connectivity index (χ1) is 16.9. The molecular weight excluding hydrogens is 466 g/mol. The molecule has 0 amide bonds. The minimum absolute atomic E-state index is 0.0627. The maximum atomic E-state index is 11.7. The highest BCUT2D eigenvalue weighted by Crippen LogP contribution is 2.27. The molecule has 2 aromatic heterocycles. The van der Waals surface area contributed by atoms with E-state index in [9.17, 15) is 14.4 Å². The van der Waals surface area contributed by atoms with Gasteiger partial charge in [0.15, 0.2) is 11.4 Å². The molecule has 0 atom stereocenters.